The maximum Gasteiger partial charge on any atom is 0.119 e. The first kappa shape index (κ1) is 14.9. The Hall–Kier alpha value is -1.45. The standard InChI is InChI=1S/C17H21NOS/c1-4-20-16-10-8-13(9-11-16)17(18-2)14-6-5-7-15(12-14)19-3/h5-12,17-18H,4H2,1-3H3. The number of nitrogens with one attached hydrogen (secondary N) is 1. The van der Waals surface area contributed by atoms with E-state index in [2.05, 4.69) is 48.6 Å². The van der Waals surface area contributed by atoms with Crippen molar-refractivity contribution in [3.05, 3.63) is 59.7 Å². The summed E-state index contributed by atoms with van der Waals surface area (Å²) in [5.74, 6) is 1.99. The summed E-state index contributed by atoms with van der Waals surface area (Å²) >= 11 is 1.86. The molecule has 0 heterocycles. The Balaban J connectivity index is 2.26. The van der Waals surface area contributed by atoms with Gasteiger partial charge >= 0.3 is 0 Å². The van der Waals surface area contributed by atoms with Crippen molar-refractivity contribution in [2.75, 3.05) is 19.9 Å². The molecule has 1 atom stereocenters. The van der Waals surface area contributed by atoms with Crippen LogP contribution in [0.25, 0.3) is 0 Å². The lowest BCUT2D eigenvalue weighted by Gasteiger charge is -2.18. The van der Waals surface area contributed by atoms with Gasteiger partial charge in [0.2, 0.25) is 0 Å². The Bertz CT molecular complexity index is 539. The summed E-state index contributed by atoms with van der Waals surface area (Å²) in [6.45, 7) is 2.17. The van der Waals surface area contributed by atoms with Crippen molar-refractivity contribution in [3.63, 3.8) is 0 Å². The average molecular weight is 287 g/mol. The lowest BCUT2D eigenvalue weighted by atomic mass is 9.99. The second-order valence-corrected chi connectivity index (χ2v) is 5.84. The zero-order chi connectivity index (χ0) is 14.4. The van der Waals surface area contributed by atoms with Crippen molar-refractivity contribution < 1.29 is 4.74 Å². The van der Waals surface area contributed by atoms with Gasteiger partial charge in [0.15, 0.2) is 0 Å². The molecule has 0 aromatic heterocycles. The normalized spacial score (nSPS) is 12.2. The van der Waals surface area contributed by atoms with E-state index < -0.39 is 0 Å². The van der Waals surface area contributed by atoms with Gasteiger partial charge in [0.1, 0.15) is 5.75 Å². The molecule has 0 radical (unpaired) electrons. The van der Waals surface area contributed by atoms with E-state index in [1.807, 2.05) is 30.9 Å². The molecular formula is C17H21NOS. The first-order chi connectivity index (χ1) is 9.78. The van der Waals surface area contributed by atoms with Gasteiger partial charge in [0.25, 0.3) is 0 Å². The van der Waals surface area contributed by atoms with Crippen molar-refractivity contribution in [2.24, 2.45) is 0 Å². The number of ether oxygens (including phenoxy) is 1. The highest BCUT2D eigenvalue weighted by atomic mass is 32.2. The van der Waals surface area contributed by atoms with Crippen LogP contribution in [-0.2, 0) is 0 Å². The van der Waals surface area contributed by atoms with Crippen LogP contribution >= 0.6 is 11.8 Å². The Labute approximate surface area is 125 Å². The van der Waals surface area contributed by atoms with Crippen LogP contribution in [0.2, 0.25) is 0 Å². The molecule has 0 aliphatic rings. The Morgan fingerprint density at radius 1 is 1.10 bits per heavy atom. The van der Waals surface area contributed by atoms with Crippen LogP contribution in [0, 0.1) is 0 Å². The number of rotatable bonds is 6. The summed E-state index contributed by atoms with van der Waals surface area (Å²) in [6.07, 6.45) is 0. The molecule has 0 saturated carbocycles. The number of benzene rings is 2. The van der Waals surface area contributed by atoms with E-state index in [1.54, 1.807) is 7.11 Å². The summed E-state index contributed by atoms with van der Waals surface area (Å²) in [5, 5.41) is 3.38. The molecule has 106 valence electrons. The third-order valence-electron chi connectivity index (χ3n) is 3.24. The quantitative estimate of drug-likeness (QED) is 0.808. The van der Waals surface area contributed by atoms with Gasteiger partial charge in [-0.05, 0) is 48.2 Å². The highest BCUT2D eigenvalue weighted by Crippen LogP contribution is 2.27. The van der Waals surface area contributed by atoms with Crippen molar-refractivity contribution in [2.45, 2.75) is 17.9 Å². The second-order valence-electron chi connectivity index (χ2n) is 4.50. The third-order valence-corrected chi connectivity index (χ3v) is 4.13. The maximum atomic E-state index is 5.31. The minimum absolute atomic E-state index is 0.186. The van der Waals surface area contributed by atoms with E-state index in [4.69, 9.17) is 4.74 Å². The second kappa shape index (κ2) is 7.36. The summed E-state index contributed by atoms with van der Waals surface area (Å²) in [7, 11) is 3.68. The largest absolute Gasteiger partial charge is 0.497 e. The third kappa shape index (κ3) is 3.56. The number of methoxy groups -OCH3 is 1. The van der Waals surface area contributed by atoms with Crippen LogP contribution in [-0.4, -0.2) is 19.9 Å². The van der Waals surface area contributed by atoms with Gasteiger partial charge in [0, 0.05) is 4.90 Å². The molecule has 0 aliphatic carbocycles. The molecular weight excluding hydrogens is 266 g/mol. The minimum Gasteiger partial charge on any atom is -0.497 e. The van der Waals surface area contributed by atoms with Crippen molar-refractivity contribution in [1.29, 1.82) is 0 Å². The fourth-order valence-electron chi connectivity index (χ4n) is 2.27. The van der Waals surface area contributed by atoms with Crippen molar-refractivity contribution >= 4 is 11.8 Å². The Morgan fingerprint density at radius 3 is 2.45 bits per heavy atom. The van der Waals surface area contributed by atoms with Gasteiger partial charge in [0.05, 0.1) is 13.2 Å². The van der Waals surface area contributed by atoms with E-state index >= 15 is 0 Å². The highest BCUT2D eigenvalue weighted by molar-refractivity contribution is 7.99. The molecule has 3 heteroatoms. The molecule has 0 fully saturated rings. The van der Waals surface area contributed by atoms with E-state index in [9.17, 15) is 0 Å². The zero-order valence-electron chi connectivity index (χ0n) is 12.2. The van der Waals surface area contributed by atoms with Gasteiger partial charge in [-0.1, -0.05) is 31.2 Å². The minimum atomic E-state index is 0.186. The SMILES string of the molecule is CCSc1ccc(C(NC)c2cccc(OC)c2)cc1. The molecule has 2 rings (SSSR count). The zero-order valence-corrected chi connectivity index (χ0v) is 13.0. The topological polar surface area (TPSA) is 21.3 Å². The summed E-state index contributed by atoms with van der Waals surface area (Å²) in [4.78, 5) is 1.32. The van der Waals surface area contributed by atoms with E-state index in [0.717, 1.165) is 11.5 Å². The molecule has 1 N–H and O–H groups in total. The van der Waals surface area contributed by atoms with Crippen LogP contribution in [0.15, 0.2) is 53.4 Å². The predicted octanol–water partition coefficient (Wildman–Crippen LogP) is 4.12. The van der Waals surface area contributed by atoms with Crippen LogP contribution in [0.5, 0.6) is 5.75 Å². The fraction of sp³-hybridized carbons (Fsp3) is 0.294. The monoisotopic (exact) mass is 287 g/mol. The average Bonchev–Trinajstić information content (AvgIpc) is 2.50. The van der Waals surface area contributed by atoms with Crippen LogP contribution < -0.4 is 10.1 Å². The maximum absolute atomic E-state index is 5.31. The highest BCUT2D eigenvalue weighted by Gasteiger charge is 2.12. The first-order valence-electron chi connectivity index (χ1n) is 6.82. The number of hydrogen-bond acceptors (Lipinski definition) is 3. The van der Waals surface area contributed by atoms with Crippen LogP contribution in [0.4, 0.5) is 0 Å². The lowest BCUT2D eigenvalue weighted by Crippen LogP contribution is -2.17. The Kier molecular flexibility index (Phi) is 5.50. The van der Waals surface area contributed by atoms with Gasteiger partial charge in [-0.2, -0.15) is 0 Å². The predicted molar refractivity (Wildman–Crippen MR) is 86.7 cm³/mol. The van der Waals surface area contributed by atoms with Gasteiger partial charge in [-0.15, -0.1) is 11.8 Å². The number of hydrogen-bond donors (Lipinski definition) is 1. The van der Waals surface area contributed by atoms with E-state index in [0.29, 0.717) is 0 Å². The van der Waals surface area contributed by atoms with Crippen molar-refractivity contribution in [3.8, 4) is 5.75 Å². The van der Waals surface area contributed by atoms with Crippen LogP contribution in [0.1, 0.15) is 24.1 Å². The lowest BCUT2D eigenvalue weighted by molar-refractivity contribution is 0.414. The van der Waals surface area contributed by atoms with E-state index in [-0.39, 0.29) is 6.04 Å². The fourth-order valence-corrected chi connectivity index (χ4v) is 2.93. The van der Waals surface area contributed by atoms with Gasteiger partial charge in [-0.3, -0.25) is 0 Å². The molecule has 0 amide bonds. The molecule has 0 saturated heterocycles. The molecule has 0 spiro atoms. The van der Waals surface area contributed by atoms with Crippen molar-refractivity contribution in [1.82, 2.24) is 5.32 Å². The van der Waals surface area contributed by atoms with Gasteiger partial charge in [-0.25, -0.2) is 0 Å². The first-order valence-corrected chi connectivity index (χ1v) is 7.81. The van der Waals surface area contributed by atoms with Crippen LogP contribution in [0.3, 0.4) is 0 Å². The molecule has 0 bridgehead atoms. The Morgan fingerprint density at radius 2 is 1.85 bits per heavy atom. The number of thioether (sulfide) groups is 1. The molecule has 20 heavy (non-hydrogen) atoms. The smallest absolute Gasteiger partial charge is 0.119 e. The molecule has 1 unspecified atom stereocenters. The summed E-state index contributed by atoms with van der Waals surface area (Å²) in [6, 6.07) is 17.1. The van der Waals surface area contributed by atoms with Gasteiger partial charge < -0.3 is 10.1 Å². The molecule has 0 aliphatic heterocycles. The summed E-state index contributed by atoms with van der Waals surface area (Å²) in [5.41, 5.74) is 2.48. The molecule has 2 aromatic rings. The molecule has 2 nitrogen and oxygen atoms in total. The summed E-state index contributed by atoms with van der Waals surface area (Å²) < 4.78 is 5.31. The molecule has 2 aromatic carbocycles. The van der Waals surface area contributed by atoms with E-state index in [1.165, 1.54) is 16.0 Å².